The molecule has 0 aromatic heterocycles. The molecule has 3 nitrogen and oxygen atoms in total. The van der Waals surface area contributed by atoms with Crippen molar-refractivity contribution in [3.8, 4) is 5.75 Å². The number of halogens is 6. The predicted molar refractivity (Wildman–Crippen MR) is 164 cm³/mol. The van der Waals surface area contributed by atoms with Gasteiger partial charge in [-0.05, 0) is 125 Å². The van der Waals surface area contributed by atoms with Crippen LogP contribution in [0.3, 0.4) is 0 Å². The van der Waals surface area contributed by atoms with E-state index in [4.69, 9.17) is 0 Å². The summed E-state index contributed by atoms with van der Waals surface area (Å²) in [6, 6.07) is 5.91. The summed E-state index contributed by atoms with van der Waals surface area (Å²) >= 11 is 0. The molecule has 4 aliphatic rings. The van der Waals surface area contributed by atoms with Crippen LogP contribution in [0.2, 0.25) is 0 Å². The number of phenolic OH excluding ortho intramolecular Hbond substituents is 1. The van der Waals surface area contributed by atoms with Crippen molar-refractivity contribution in [2.45, 2.75) is 152 Å². The molecule has 9 heteroatoms. The van der Waals surface area contributed by atoms with Gasteiger partial charge in [-0.3, -0.25) is 0 Å². The zero-order chi connectivity index (χ0) is 32.6. The van der Waals surface area contributed by atoms with Crippen LogP contribution in [0, 0.1) is 23.2 Å². The van der Waals surface area contributed by atoms with Gasteiger partial charge in [-0.25, -0.2) is 4.39 Å². The molecule has 1 aromatic carbocycles. The molecular formula is C36H53F6NO2. The number of benzene rings is 1. The number of phenols is 1. The molecule has 1 aliphatic heterocycles. The minimum absolute atomic E-state index is 0.110. The maximum Gasteiger partial charge on any atom is 0.453 e. The minimum Gasteiger partial charge on any atom is -0.508 e. The Morgan fingerprint density at radius 2 is 1.64 bits per heavy atom. The molecule has 2 N–H and O–H groups in total. The molecule has 1 aromatic rings. The molecule has 1 saturated heterocycles. The molecular weight excluding hydrogens is 592 g/mol. The third kappa shape index (κ3) is 7.19. The van der Waals surface area contributed by atoms with Crippen LogP contribution >= 0.6 is 0 Å². The number of alkyl halides is 6. The molecule has 8 atom stereocenters. The number of likely N-dealkylation sites (tertiary alicyclic amines) is 1. The highest BCUT2D eigenvalue weighted by atomic mass is 19.4. The monoisotopic (exact) mass is 645 g/mol. The van der Waals surface area contributed by atoms with E-state index in [0.717, 1.165) is 88.4 Å². The fraction of sp³-hybridized carbons (Fsp3) is 0.833. The van der Waals surface area contributed by atoms with Crippen LogP contribution in [-0.2, 0) is 6.42 Å². The summed E-state index contributed by atoms with van der Waals surface area (Å²) in [4.78, 5) is 2.52. The Morgan fingerprint density at radius 3 is 2.40 bits per heavy atom. The molecule has 0 radical (unpaired) electrons. The highest BCUT2D eigenvalue weighted by Gasteiger charge is 2.63. The molecule has 45 heavy (non-hydrogen) atoms. The van der Waals surface area contributed by atoms with Gasteiger partial charge in [0.1, 0.15) is 11.9 Å². The number of hydrogen-bond acceptors (Lipinski definition) is 3. The predicted octanol–water partition coefficient (Wildman–Crippen LogP) is 9.74. The van der Waals surface area contributed by atoms with E-state index in [1.165, 1.54) is 0 Å². The van der Waals surface area contributed by atoms with Gasteiger partial charge in [-0.2, -0.15) is 22.0 Å². The van der Waals surface area contributed by atoms with Crippen LogP contribution in [0.1, 0.15) is 127 Å². The van der Waals surface area contributed by atoms with Crippen molar-refractivity contribution < 1.29 is 36.6 Å². The number of rotatable bonds is 13. The fourth-order valence-electron chi connectivity index (χ4n) is 9.92. The molecule has 3 fully saturated rings. The van der Waals surface area contributed by atoms with Gasteiger partial charge < -0.3 is 15.1 Å². The minimum atomic E-state index is -5.46. The van der Waals surface area contributed by atoms with Gasteiger partial charge in [-0.1, -0.05) is 45.1 Å². The van der Waals surface area contributed by atoms with Crippen LogP contribution < -0.4 is 0 Å². The van der Waals surface area contributed by atoms with Gasteiger partial charge in [0.05, 0.1) is 5.60 Å². The first-order valence-corrected chi connectivity index (χ1v) is 17.5. The molecule has 5 rings (SSSR count). The van der Waals surface area contributed by atoms with E-state index in [1.807, 2.05) is 19.1 Å². The van der Waals surface area contributed by atoms with E-state index >= 15 is 4.39 Å². The van der Waals surface area contributed by atoms with Crippen molar-refractivity contribution in [1.29, 1.82) is 0 Å². The maximum atomic E-state index is 16.1. The molecule has 0 bridgehead atoms. The van der Waals surface area contributed by atoms with Gasteiger partial charge in [0.25, 0.3) is 0 Å². The third-order valence-corrected chi connectivity index (χ3v) is 12.6. The van der Waals surface area contributed by atoms with E-state index in [2.05, 4.69) is 11.8 Å². The Balaban J connectivity index is 1.09. The summed E-state index contributed by atoms with van der Waals surface area (Å²) < 4.78 is 79.4. The van der Waals surface area contributed by atoms with Gasteiger partial charge in [0.2, 0.25) is 0 Å². The van der Waals surface area contributed by atoms with Crippen LogP contribution in [-0.4, -0.2) is 58.1 Å². The average molecular weight is 646 g/mol. The number of aliphatic hydroxyl groups is 1. The SMILES string of the molecule is CC1(O)CCC2C3C(CCCCCN4CCCC4CCCCCCC(F)(F)C(F)(F)F)Cc4cc(O)ccc4C3C(F)CC21C. The summed E-state index contributed by atoms with van der Waals surface area (Å²) in [6.07, 6.45) is 4.49. The number of fused-ring (bicyclic) bond motifs is 5. The lowest BCUT2D eigenvalue weighted by atomic mass is 9.50. The van der Waals surface area contributed by atoms with Crippen molar-refractivity contribution in [2.75, 3.05) is 13.1 Å². The van der Waals surface area contributed by atoms with E-state index in [0.29, 0.717) is 37.6 Å². The van der Waals surface area contributed by atoms with E-state index in [-0.39, 0.29) is 29.9 Å². The van der Waals surface area contributed by atoms with Gasteiger partial charge >= 0.3 is 12.1 Å². The molecule has 3 aliphatic carbocycles. The first-order valence-electron chi connectivity index (χ1n) is 17.5. The number of unbranched alkanes of at least 4 members (excludes halogenated alkanes) is 5. The van der Waals surface area contributed by atoms with Gasteiger partial charge in [0, 0.05) is 23.8 Å². The lowest BCUT2D eigenvalue weighted by Gasteiger charge is -2.56. The van der Waals surface area contributed by atoms with Crippen molar-refractivity contribution >= 4 is 0 Å². The molecule has 256 valence electrons. The zero-order valence-electron chi connectivity index (χ0n) is 27.0. The first kappa shape index (κ1) is 34.8. The van der Waals surface area contributed by atoms with Crippen LogP contribution in [0.25, 0.3) is 0 Å². The summed E-state index contributed by atoms with van der Waals surface area (Å²) in [7, 11) is 0. The summed E-state index contributed by atoms with van der Waals surface area (Å²) in [6.45, 7) is 6.06. The normalized spacial score (nSPS) is 35.3. The Labute approximate surface area is 265 Å². The second-order valence-electron chi connectivity index (χ2n) is 15.3. The lowest BCUT2D eigenvalue weighted by molar-refractivity contribution is -0.284. The van der Waals surface area contributed by atoms with E-state index in [9.17, 15) is 32.2 Å². The highest BCUT2D eigenvalue weighted by molar-refractivity contribution is 5.41. The quantitative estimate of drug-likeness (QED) is 0.166. The van der Waals surface area contributed by atoms with Crippen LogP contribution in [0.4, 0.5) is 26.3 Å². The Morgan fingerprint density at radius 1 is 0.933 bits per heavy atom. The van der Waals surface area contributed by atoms with Crippen LogP contribution in [0.15, 0.2) is 18.2 Å². The van der Waals surface area contributed by atoms with Gasteiger partial charge in [-0.15, -0.1) is 0 Å². The Kier molecular flexibility index (Phi) is 10.5. The van der Waals surface area contributed by atoms with Crippen molar-refractivity contribution in [3.63, 3.8) is 0 Å². The van der Waals surface area contributed by atoms with Crippen LogP contribution in [0.5, 0.6) is 5.75 Å². The zero-order valence-corrected chi connectivity index (χ0v) is 27.0. The number of nitrogens with zero attached hydrogens (tertiary/aromatic N) is 1. The Bertz CT molecular complexity index is 1140. The molecule has 0 amide bonds. The maximum absolute atomic E-state index is 16.1. The molecule has 0 spiro atoms. The smallest absolute Gasteiger partial charge is 0.453 e. The molecule has 8 unspecified atom stereocenters. The summed E-state index contributed by atoms with van der Waals surface area (Å²) in [5.41, 5.74) is 0.834. The first-order chi connectivity index (χ1) is 21.1. The van der Waals surface area contributed by atoms with E-state index in [1.54, 1.807) is 6.07 Å². The average Bonchev–Trinajstić information content (AvgIpc) is 3.49. The van der Waals surface area contributed by atoms with Crippen molar-refractivity contribution in [3.05, 3.63) is 29.3 Å². The second kappa shape index (κ2) is 13.6. The largest absolute Gasteiger partial charge is 0.508 e. The summed E-state index contributed by atoms with van der Waals surface area (Å²) in [5, 5.41) is 21.5. The number of aromatic hydroxyl groups is 1. The lowest BCUT2D eigenvalue weighted by Crippen LogP contribution is -2.54. The van der Waals surface area contributed by atoms with Crippen molar-refractivity contribution in [1.82, 2.24) is 4.90 Å². The standard InChI is InChI=1S/C36H53F6NO2/c1-33-23-30(37)32-28-15-14-27(44)22-25(28)21-24(31(32)29(33)16-18-34(33,2)45)11-6-5-9-19-43-20-10-13-26(43)12-7-3-4-8-17-35(38,39)36(40,41)42/h14-15,22,24,26,29-32,44-45H,3-13,16-21,23H2,1-2H3. The number of hydrogen-bond donors (Lipinski definition) is 2. The third-order valence-electron chi connectivity index (χ3n) is 12.6. The second-order valence-corrected chi connectivity index (χ2v) is 15.3. The van der Waals surface area contributed by atoms with Crippen molar-refractivity contribution in [2.24, 2.45) is 23.2 Å². The fourth-order valence-corrected chi connectivity index (χ4v) is 9.92. The van der Waals surface area contributed by atoms with Gasteiger partial charge in [0.15, 0.2) is 0 Å². The summed E-state index contributed by atoms with van der Waals surface area (Å²) in [5.74, 6) is -3.76. The highest BCUT2D eigenvalue weighted by Crippen LogP contribution is 2.66. The Hall–Kier alpha value is -1.48. The van der Waals surface area contributed by atoms with E-state index < -0.39 is 35.7 Å². The topological polar surface area (TPSA) is 43.7 Å². The molecule has 2 saturated carbocycles. The molecule has 1 heterocycles.